The molecule has 1 aromatic heterocycles. The first kappa shape index (κ1) is 14.8. The van der Waals surface area contributed by atoms with Crippen molar-refractivity contribution in [1.29, 1.82) is 0 Å². The van der Waals surface area contributed by atoms with E-state index in [-0.39, 0.29) is 0 Å². The second-order valence-electron chi connectivity index (χ2n) is 5.67. The third-order valence-corrected chi connectivity index (χ3v) is 5.41. The number of rotatable bonds is 4. The smallest absolute Gasteiger partial charge is 0.188 e. The Morgan fingerprint density at radius 3 is 2.53 bits per heavy atom. The van der Waals surface area contributed by atoms with Crippen LogP contribution in [0.1, 0.15) is 44.0 Å². The van der Waals surface area contributed by atoms with Gasteiger partial charge in [0.15, 0.2) is 5.16 Å². The van der Waals surface area contributed by atoms with E-state index < -0.39 is 0 Å². The summed E-state index contributed by atoms with van der Waals surface area (Å²) < 4.78 is 0. The van der Waals surface area contributed by atoms with Gasteiger partial charge in [0.1, 0.15) is 0 Å². The fraction of sp³-hybridized carbons (Fsp3) is 0.733. The summed E-state index contributed by atoms with van der Waals surface area (Å²) >= 11 is 1.84. The maximum Gasteiger partial charge on any atom is 0.188 e. The number of nitrogens with two attached hydrogens (primary N) is 1. The van der Waals surface area contributed by atoms with Gasteiger partial charge in [-0.25, -0.2) is 9.97 Å². The van der Waals surface area contributed by atoms with Crippen LogP contribution in [0.15, 0.2) is 11.2 Å². The molecular formula is C15H25N3S. The zero-order chi connectivity index (χ0) is 13.8. The van der Waals surface area contributed by atoms with Crippen molar-refractivity contribution < 1.29 is 0 Å². The molecule has 3 nitrogen and oxygen atoms in total. The van der Waals surface area contributed by atoms with Crippen molar-refractivity contribution in [3.8, 4) is 0 Å². The monoisotopic (exact) mass is 279 g/mol. The topological polar surface area (TPSA) is 51.8 Å². The van der Waals surface area contributed by atoms with Crippen LogP contribution in [0.5, 0.6) is 0 Å². The molecule has 0 amide bonds. The van der Waals surface area contributed by atoms with Gasteiger partial charge >= 0.3 is 0 Å². The molecule has 1 saturated carbocycles. The summed E-state index contributed by atoms with van der Waals surface area (Å²) in [6.45, 7) is 7.16. The van der Waals surface area contributed by atoms with Crippen LogP contribution < -0.4 is 5.73 Å². The molecule has 3 unspecified atom stereocenters. The van der Waals surface area contributed by atoms with Gasteiger partial charge in [0.25, 0.3) is 0 Å². The van der Waals surface area contributed by atoms with Crippen molar-refractivity contribution in [2.45, 2.75) is 56.9 Å². The van der Waals surface area contributed by atoms with E-state index >= 15 is 0 Å². The first-order valence-electron chi connectivity index (χ1n) is 7.31. The Bertz CT molecular complexity index is 402. The van der Waals surface area contributed by atoms with Gasteiger partial charge in [0.2, 0.25) is 0 Å². The number of hydrogen-bond donors (Lipinski definition) is 1. The van der Waals surface area contributed by atoms with E-state index in [0.29, 0.717) is 11.2 Å². The highest BCUT2D eigenvalue weighted by Crippen LogP contribution is 2.39. The molecule has 3 atom stereocenters. The van der Waals surface area contributed by atoms with Crippen molar-refractivity contribution in [3.63, 3.8) is 0 Å². The van der Waals surface area contributed by atoms with Gasteiger partial charge in [-0.1, -0.05) is 31.5 Å². The van der Waals surface area contributed by atoms with E-state index in [4.69, 9.17) is 5.73 Å². The molecule has 2 N–H and O–H groups in total. The SMILES string of the molecule is CCC1CCC(CN)C(Sc2nc(C)cc(C)n2)C1. The van der Waals surface area contributed by atoms with Gasteiger partial charge in [-0.3, -0.25) is 0 Å². The van der Waals surface area contributed by atoms with E-state index in [1.165, 1.54) is 25.7 Å². The highest BCUT2D eigenvalue weighted by Gasteiger charge is 2.30. The maximum absolute atomic E-state index is 5.94. The molecule has 0 spiro atoms. The first-order chi connectivity index (χ1) is 9.12. The predicted octanol–water partition coefficient (Wildman–Crippen LogP) is 3.34. The molecule has 1 aliphatic carbocycles. The molecule has 1 aliphatic rings. The van der Waals surface area contributed by atoms with Crippen molar-refractivity contribution in [2.24, 2.45) is 17.6 Å². The normalized spacial score (nSPS) is 27.5. The maximum atomic E-state index is 5.94. The summed E-state index contributed by atoms with van der Waals surface area (Å²) in [4.78, 5) is 9.12. The molecule has 0 saturated heterocycles. The van der Waals surface area contributed by atoms with E-state index in [1.807, 2.05) is 31.7 Å². The Labute approximate surface area is 120 Å². The third-order valence-electron chi connectivity index (χ3n) is 4.14. The second kappa shape index (κ2) is 6.71. The number of aryl methyl sites for hydroxylation is 2. The molecule has 1 fully saturated rings. The van der Waals surface area contributed by atoms with Crippen LogP contribution in [0.25, 0.3) is 0 Å². The van der Waals surface area contributed by atoms with Gasteiger partial charge in [0.05, 0.1) is 0 Å². The zero-order valence-electron chi connectivity index (χ0n) is 12.2. The van der Waals surface area contributed by atoms with Crippen LogP contribution in [-0.4, -0.2) is 21.8 Å². The van der Waals surface area contributed by atoms with Crippen molar-refractivity contribution in [2.75, 3.05) is 6.54 Å². The molecular weight excluding hydrogens is 254 g/mol. The van der Waals surface area contributed by atoms with Crippen LogP contribution in [0, 0.1) is 25.7 Å². The molecule has 106 valence electrons. The fourth-order valence-corrected chi connectivity index (χ4v) is 4.41. The Morgan fingerprint density at radius 2 is 1.95 bits per heavy atom. The lowest BCUT2D eigenvalue weighted by Gasteiger charge is -2.34. The van der Waals surface area contributed by atoms with Crippen molar-refractivity contribution in [1.82, 2.24) is 9.97 Å². The number of thioether (sulfide) groups is 1. The lowest BCUT2D eigenvalue weighted by atomic mass is 9.80. The lowest BCUT2D eigenvalue weighted by Crippen LogP contribution is -2.32. The summed E-state index contributed by atoms with van der Waals surface area (Å²) in [5, 5.41) is 1.52. The highest BCUT2D eigenvalue weighted by atomic mass is 32.2. The van der Waals surface area contributed by atoms with Crippen molar-refractivity contribution in [3.05, 3.63) is 17.5 Å². The van der Waals surface area contributed by atoms with Gasteiger partial charge in [-0.05, 0) is 51.1 Å². The van der Waals surface area contributed by atoms with Gasteiger partial charge in [-0.2, -0.15) is 0 Å². The summed E-state index contributed by atoms with van der Waals surface area (Å²) in [6, 6.07) is 2.03. The summed E-state index contributed by atoms with van der Waals surface area (Å²) in [5.74, 6) is 1.48. The summed E-state index contributed by atoms with van der Waals surface area (Å²) in [6.07, 6.45) is 5.14. The van der Waals surface area contributed by atoms with Crippen LogP contribution in [0.3, 0.4) is 0 Å². The van der Waals surface area contributed by atoms with Crippen molar-refractivity contribution >= 4 is 11.8 Å². The van der Waals surface area contributed by atoms with Gasteiger partial charge in [0, 0.05) is 16.6 Å². The largest absolute Gasteiger partial charge is 0.330 e. The molecule has 1 heterocycles. The first-order valence-corrected chi connectivity index (χ1v) is 8.19. The average Bonchev–Trinajstić information content (AvgIpc) is 2.37. The fourth-order valence-electron chi connectivity index (χ4n) is 2.94. The molecule has 0 aromatic carbocycles. The second-order valence-corrected chi connectivity index (χ2v) is 6.88. The lowest BCUT2D eigenvalue weighted by molar-refractivity contribution is 0.283. The number of hydrogen-bond acceptors (Lipinski definition) is 4. The van der Waals surface area contributed by atoms with E-state index in [9.17, 15) is 0 Å². The average molecular weight is 279 g/mol. The summed E-state index contributed by atoms with van der Waals surface area (Å²) in [5.41, 5.74) is 8.05. The molecule has 1 aromatic rings. The quantitative estimate of drug-likeness (QED) is 0.859. The Balaban J connectivity index is 2.09. The minimum absolute atomic E-state index is 0.588. The molecule has 0 radical (unpaired) electrons. The standard InChI is InChI=1S/C15H25N3S/c1-4-12-5-6-13(9-16)14(8-12)19-15-17-10(2)7-11(3)18-15/h7,12-14H,4-6,8-9,16H2,1-3H3. The molecule has 4 heteroatoms. The predicted molar refractivity (Wildman–Crippen MR) is 81.3 cm³/mol. The number of aromatic nitrogens is 2. The van der Waals surface area contributed by atoms with E-state index in [2.05, 4.69) is 16.9 Å². The van der Waals surface area contributed by atoms with Gasteiger partial charge < -0.3 is 5.73 Å². The van der Waals surface area contributed by atoms with Gasteiger partial charge in [-0.15, -0.1) is 0 Å². The minimum Gasteiger partial charge on any atom is -0.330 e. The molecule has 0 aliphatic heterocycles. The van der Waals surface area contributed by atoms with E-state index in [0.717, 1.165) is 29.0 Å². The molecule has 2 rings (SSSR count). The summed E-state index contributed by atoms with van der Waals surface area (Å²) in [7, 11) is 0. The minimum atomic E-state index is 0.588. The van der Waals surface area contributed by atoms with Crippen LogP contribution in [0.4, 0.5) is 0 Å². The number of nitrogens with zero attached hydrogens (tertiary/aromatic N) is 2. The molecule has 19 heavy (non-hydrogen) atoms. The van der Waals surface area contributed by atoms with Crippen LogP contribution in [0.2, 0.25) is 0 Å². The van der Waals surface area contributed by atoms with Crippen LogP contribution in [-0.2, 0) is 0 Å². The van der Waals surface area contributed by atoms with E-state index in [1.54, 1.807) is 0 Å². The Morgan fingerprint density at radius 1 is 1.26 bits per heavy atom. The third kappa shape index (κ3) is 3.93. The molecule has 0 bridgehead atoms. The highest BCUT2D eigenvalue weighted by molar-refractivity contribution is 7.99. The Hall–Kier alpha value is -0.610. The zero-order valence-corrected chi connectivity index (χ0v) is 13.0. The van der Waals surface area contributed by atoms with Crippen LogP contribution >= 0.6 is 11.8 Å². The Kier molecular flexibility index (Phi) is 5.22.